The van der Waals surface area contributed by atoms with E-state index in [1.807, 2.05) is 0 Å². The lowest BCUT2D eigenvalue weighted by molar-refractivity contribution is -0.161. The van der Waals surface area contributed by atoms with Crippen molar-refractivity contribution in [3.63, 3.8) is 0 Å². The summed E-state index contributed by atoms with van der Waals surface area (Å²) in [4.78, 5) is 39.9. The normalized spacial score (nSPS) is 29.4. The van der Waals surface area contributed by atoms with Gasteiger partial charge >= 0.3 is 17.9 Å². The Morgan fingerprint density at radius 3 is 0.699 bits per heavy atom. The zero-order chi connectivity index (χ0) is 93.2. The van der Waals surface area contributed by atoms with Crippen molar-refractivity contribution >= 4 is 58.4 Å². The lowest BCUT2D eigenvalue weighted by Gasteiger charge is -2.57. The SMILES string of the molecule is CC(C)(C)C1CCC(C(=O)Oc2cc(C3CCCCC3)c(S(=O)(=O)[O-])c(C3CCCCC3)c2)CC1.O=C(Oc1cc(C2CCCCC2)c(S(=O)(=O)[O-])c(C2CCCCC2)c1)C12CC3CC(CC(C3)C1)C2.O=C(Oc1cc(C2CCCCC2)c(S(=O)(=O)[O-])c(C2CCCCC2)c1)C1CCCCC1.O=S(=O)([O-])c1c(C2CCCCC2)cc(C23CC4CC(CC(C4)C2)C3)cc1C1CCCCC1. The fourth-order valence-electron chi connectivity index (χ4n) is 31.0. The van der Waals surface area contributed by atoms with Crippen LogP contribution in [0.4, 0.5) is 0 Å². The zero-order valence-electron chi connectivity index (χ0n) is 80.5. The maximum Gasteiger partial charge on any atom is 0.317 e. The van der Waals surface area contributed by atoms with Crippen molar-refractivity contribution in [1.29, 1.82) is 0 Å². The van der Waals surface area contributed by atoms with E-state index in [0.29, 0.717) is 74.3 Å². The van der Waals surface area contributed by atoms with Crippen LogP contribution in [0.3, 0.4) is 0 Å². The average Bonchev–Trinajstić information content (AvgIpc) is 0.719. The highest BCUT2D eigenvalue weighted by molar-refractivity contribution is 7.86. The molecule has 8 bridgehead atoms. The molecule has 18 nitrogen and oxygen atoms in total. The monoisotopic (exact) mass is 1910 g/mol. The molecule has 18 aliphatic rings. The molecule has 133 heavy (non-hydrogen) atoms. The summed E-state index contributed by atoms with van der Waals surface area (Å²) < 4.78 is 169. The first-order chi connectivity index (χ1) is 63.7. The second-order valence-electron chi connectivity index (χ2n) is 47.1. The van der Waals surface area contributed by atoms with Crippen LogP contribution in [0.2, 0.25) is 0 Å². The Hall–Kier alpha value is -5.07. The molecule has 0 spiro atoms. The first kappa shape index (κ1) is 99.5. The second kappa shape index (κ2) is 42.8. The average molecular weight is 1910 g/mol. The molecule has 18 fully saturated rings. The third-order valence-corrected chi connectivity index (χ3v) is 40.7. The molecule has 0 radical (unpaired) electrons. The van der Waals surface area contributed by atoms with Crippen LogP contribution in [0.1, 0.15) is 510 Å². The smallest absolute Gasteiger partial charge is 0.317 e. The first-order valence-corrected chi connectivity index (χ1v) is 59.5. The first-order valence-electron chi connectivity index (χ1n) is 53.9. The van der Waals surface area contributed by atoms with E-state index in [1.54, 1.807) is 36.4 Å². The third kappa shape index (κ3) is 23.7. The molecule has 0 aliphatic heterocycles. The number of rotatable bonds is 19. The van der Waals surface area contributed by atoms with Crippen molar-refractivity contribution in [1.82, 2.24) is 0 Å². The van der Waals surface area contributed by atoms with E-state index in [4.69, 9.17) is 14.2 Å². The Labute approximate surface area is 798 Å². The van der Waals surface area contributed by atoms with Crippen LogP contribution in [0, 0.1) is 64.1 Å². The van der Waals surface area contributed by atoms with Crippen molar-refractivity contribution < 1.29 is 80.5 Å². The maximum atomic E-state index is 13.7. The van der Waals surface area contributed by atoms with E-state index in [1.165, 1.54) is 76.2 Å². The van der Waals surface area contributed by atoms with E-state index >= 15 is 0 Å². The van der Waals surface area contributed by atoms with Gasteiger partial charge in [-0.25, -0.2) is 33.7 Å². The number of hydrogen-bond acceptors (Lipinski definition) is 18. The van der Waals surface area contributed by atoms with Gasteiger partial charge in [-0.2, -0.15) is 0 Å². The van der Waals surface area contributed by atoms with Gasteiger partial charge in [-0.05, 0) is 404 Å². The number of hydrogen-bond donors (Lipinski definition) is 0. The summed E-state index contributed by atoms with van der Waals surface area (Å²) in [5.41, 5.74) is 7.04. The molecule has 22 heteroatoms. The molecular formula is C111H156O18S4-4. The number of carbonyl (C=O) groups excluding carboxylic acids is 3. The van der Waals surface area contributed by atoms with Crippen molar-refractivity contribution in [3.8, 4) is 17.2 Å². The summed E-state index contributed by atoms with van der Waals surface area (Å²) >= 11 is 0. The molecule has 18 saturated carbocycles. The van der Waals surface area contributed by atoms with E-state index in [2.05, 4.69) is 32.9 Å². The minimum Gasteiger partial charge on any atom is -0.744 e. The Kier molecular flexibility index (Phi) is 32.0. The highest BCUT2D eigenvalue weighted by atomic mass is 32.2. The molecule has 4 aromatic carbocycles. The van der Waals surface area contributed by atoms with Gasteiger partial charge in [0.25, 0.3) is 0 Å². The van der Waals surface area contributed by atoms with Crippen LogP contribution in [-0.2, 0) is 60.3 Å². The zero-order valence-corrected chi connectivity index (χ0v) is 83.8. The molecule has 0 amide bonds. The summed E-state index contributed by atoms with van der Waals surface area (Å²) in [5.74, 6) is 6.51. The van der Waals surface area contributed by atoms with Gasteiger partial charge in [0, 0.05) is 0 Å². The largest absolute Gasteiger partial charge is 0.744 e. The molecule has 4 aromatic rings. The van der Waals surface area contributed by atoms with Crippen LogP contribution >= 0.6 is 0 Å². The topological polar surface area (TPSA) is 308 Å². The predicted octanol–water partition coefficient (Wildman–Crippen LogP) is 27.6. The van der Waals surface area contributed by atoms with Gasteiger partial charge in [0.1, 0.15) is 57.7 Å². The molecule has 0 unspecified atom stereocenters. The molecule has 736 valence electrons. The molecule has 0 heterocycles. The fraction of sp³-hybridized carbons (Fsp3) is 0.757. The molecule has 0 atom stereocenters. The van der Waals surface area contributed by atoms with Gasteiger partial charge in [0.05, 0.1) is 36.8 Å². The quantitative estimate of drug-likeness (QED) is 0.0478. The summed E-state index contributed by atoms with van der Waals surface area (Å²) in [6.45, 7) is 6.80. The lowest BCUT2D eigenvalue weighted by Crippen LogP contribution is -2.51. The summed E-state index contributed by atoms with van der Waals surface area (Å²) in [6, 6.07) is 14.9. The predicted molar refractivity (Wildman–Crippen MR) is 513 cm³/mol. The van der Waals surface area contributed by atoms with E-state index in [0.717, 1.165) is 350 Å². The van der Waals surface area contributed by atoms with Crippen LogP contribution in [0.15, 0.2) is 68.1 Å². The Morgan fingerprint density at radius 2 is 0.474 bits per heavy atom. The van der Waals surface area contributed by atoms with Gasteiger partial charge in [-0.15, -0.1) is 0 Å². The van der Waals surface area contributed by atoms with Crippen LogP contribution in [0.5, 0.6) is 17.2 Å². The van der Waals surface area contributed by atoms with E-state index in [-0.39, 0.29) is 113 Å². The lowest BCUT2D eigenvalue weighted by atomic mass is 9.48. The van der Waals surface area contributed by atoms with E-state index in [9.17, 15) is 66.3 Å². The minimum atomic E-state index is -4.64. The number of esters is 3. The van der Waals surface area contributed by atoms with Gasteiger partial charge in [-0.1, -0.05) is 206 Å². The van der Waals surface area contributed by atoms with Gasteiger partial charge < -0.3 is 32.4 Å². The van der Waals surface area contributed by atoms with Crippen LogP contribution in [-0.4, -0.2) is 69.8 Å². The number of ether oxygens (including phenoxy) is 3. The Balaban J connectivity index is 0.000000124. The number of carbonyl (C=O) groups is 3. The maximum absolute atomic E-state index is 13.7. The van der Waals surface area contributed by atoms with Crippen molar-refractivity contribution in [2.45, 2.75) is 485 Å². The van der Waals surface area contributed by atoms with Crippen molar-refractivity contribution in [2.75, 3.05) is 0 Å². The summed E-state index contributed by atoms with van der Waals surface area (Å²) in [6.07, 6.45) is 64.5. The summed E-state index contributed by atoms with van der Waals surface area (Å²) in [7, 11) is -18.4. The third-order valence-electron chi connectivity index (χ3n) is 36.9. The standard InChI is InChI=1S/C29H40O5S.C29H44O5S.C28H40O3S.C25H36O5S/c30-28(29-16-19-11-20(17-29)13-21(12-19)18-29)34-24-14-25(22-7-3-1-4-8-22)27(35(31,32)33)26(15-24)23-9-5-2-6-10-23;1-29(2,3)23-16-14-22(15-17-23)28(30)34-24-18-25(20-10-6-4-7-11-20)27(35(31,32)33)26(19-24)21-12-8-5-9-13-21;29-32(30,31)27-25(22-7-3-1-4-8-22)14-24(15-26(27)23-9-5-2-6-10-23)28-16-19-11-20(17-28)13-21(12-19)18-28;26-25(20-14-8-3-9-15-20)30-21-16-22(18-10-4-1-5-11-18)24(31(27,28)29)23(17-21)19-12-6-2-7-13-19/h14-15,19-23H,1-13,16-18H2,(H,31,32,33);18-23H,4-17H2,1-3H3,(H,31,32,33);14-15,19-23H,1-13,16-18H2,(H,29,30,31);16-20H,1-15H2,(H,27,28,29)/p-4. The Morgan fingerprint density at radius 1 is 0.271 bits per heavy atom. The van der Waals surface area contributed by atoms with Crippen molar-refractivity contribution in [2.24, 2.45) is 64.1 Å². The Bertz CT molecular complexity index is 4960. The minimum absolute atomic E-state index is 0.00547. The molecule has 0 N–H and O–H groups in total. The van der Waals surface area contributed by atoms with E-state index < -0.39 is 40.5 Å². The number of benzene rings is 4. The van der Waals surface area contributed by atoms with Gasteiger partial charge in [0.15, 0.2) is 0 Å². The van der Waals surface area contributed by atoms with Gasteiger partial charge in [-0.3, -0.25) is 14.4 Å². The highest BCUT2D eigenvalue weighted by Gasteiger charge is 2.57. The molecule has 0 saturated heterocycles. The molecule has 0 aromatic heterocycles. The molecular weight excluding hydrogens is 1750 g/mol. The van der Waals surface area contributed by atoms with Crippen LogP contribution in [0.25, 0.3) is 0 Å². The van der Waals surface area contributed by atoms with Crippen molar-refractivity contribution in [3.05, 3.63) is 98.6 Å². The molecule has 22 rings (SSSR count). The highest BCUT2D eigenvalue weighted by Crippen LogP contribution is 2.64. The van der Waals surface area contributed by atoms with Crippen LogP contribution < -0.4 is 14.2 Å². The van der Waals surface area contributed by atoms with Gasteiger partial charge in [0.2, 0.25) is 0 Å². The summed E-state index contributed by atoms with van der Waals surface area (Å²) in [5, 5.41) is 0. The fourth-order valence-corrected chi connectivity index (χ4v) is 35.1. The second-order valence-corrected chi connectivity index (χ2v) is 52.4. The molecule has 18 aliphatic carbocycles.